The third kappa shape index (κ3) is 4.24. The number of fused-ring (bicyclic) bond motifs is 1. The predicted molar refractivity (Wildman–Crippen MR) is 107 cm³/mol. The Balaban J connectivity index is 1.88. The number of nitrogens with zero attached hydrogens (tertiary/aromatic N) is 3. The van der Waals surface area contributed by atoms with Crippen molar-refractivity contribution in [2.24, 2.45) is 4.99 Å². The molecule has 3 aromatic rings. The second kappa shape index (κ2) is 7.93. The molecule has 3 heteroatoms. The summed E-state index contributed by atoms with van der Waals surface area (Å²) in [5.74, 6) is 0. The van der Waals surface area contributed by atoms with Gasteiger partial charge in [-0.2, -0.15) is 0 Å². The zero-order valence-electron chi connectivity index (χ0n) is 15.2. The molecule has 0 saturated carbocycles. The number of aliphatic imine (C=N–C) groups is 1. The predicted octanol–water partition coefficient (Wildman–Crippen LogP) is 4.94. The van der Waals surface area contributed by atoms with Gasteiger partial charge < -0.3 is 4.90 Å². The van der Waals surface area contributed by atoms with Gasteiger partial charge in [0.25, 0.3) is 0 Å². The lowest BCUT2D eigenvalue weighted by molar-refractivity contribution is 0.552. The maximum atomic E-state index is 4.86. The van der Waals surface area contributed by atoms with Crippen LogP contribution in [-0.2, 0) is 12.8 Å². The van der Waals surface area contributed by atoms with Gasteiger partial charge in [-0.25, -0.2) is 4.99 Å². The van der Waals surface area contributed by atoms with Crippen molar-refractivity contribution in [3.05, 3.63) is 71.4 Å². The lowest BCUT2D eigenvalue weighted by atomic mass is 10.0. The first-order valence-electron chi connectivity index (χ1n) is 8.85. The van der Waals surface area contributed by atoms with E-state index in [9.17, 15) is 0 Å². The summed E-state index contributed by atoms with van der Waals surface area (Å²) in [5.41, 5.74) is 5.66. The van der Waals surface area contributed by atoms with E-state index in [4.69, 9.17) is 4.98 Å². The highest BCUT2D eigenvalue weighted by atomic mass is 15.1. The summed E-state index contributed by atoms with van der Waals surface area (Å²) in [6.07, 6.45) is 3.89. The maximum Gasteiger partial charge on any atom is 0.0910 e. The third-order valence-electron chi connectivity index (χ3n) is 4.51. The van der Waals surface area contributed by atoms with E-state index in [1.807, 2.05) is 20.3 Å². The van der Waals surface area contributed by atoms with E-state index in [1.54, 1.807) is 0 Å². The third-order valence-corrected chi connectivity index (χ3v) is 4.51. The Morgan fingerprint density at radius 1 is 1.04 bits per heavy atom. The molecule has 0 spiro atoms. The van der Waals surface area contributed by atoms with Crippen LogP contribution in [0.3, 0.4) is 0 Å². The van der Waals surface area contributed by atoms with Crippen LogP contribution >= 0.6 is 0 Å². The quantitative estimate of drug-likeness (QED) is 0.473. The Morgan fingerprint density at radius 2 is 1.84 bits per heavy atom. The smallest absolute Gasteiger partial charge is 0.0910 e. The highest BCUT2D eigenvalue weighted by Crippen LogP contribution is 2.25. The number of aromatic nitrogens is 1. The molecule has 0 N–H and O–H groups in total. The Bertz CT molecular complexity index is 869. The van der Waals surface area contributed by atoms with Crippen LogP contribution in [0.1, 0.15) is 23.7 Å². The largest absolute Gasteiger partial charge is 0.366 e. The van der Waals surface area contributed by atoms with Gasteiger partial charge in [0.1, 0.15) is 0 Å². The lowest BCUT2D eigenvalue weighted by Crippen LogP contribution is -2.14. The van der Waals surface area contributed by atoms with E-state index in [1.165, 1.54) is 11.1 Å². The van der Waals surface area contributed by atoms with Gasteiger partial charge in [-0.15, -0.1) is 0 Å². The van der Waals surface area contributed by atoms with E-state index in [2.05, 4.69) is 71.4 Å². The molecule has 3 nitrogen and oxygen atoms in total. The van der Waals surface area contributed by atoms with Crippen LogP contribution in [0.5, 0.6) is 0 Å². The summed E-state index contributed by atoms with van der Waals surface area (Å²) >= 11 is 0. The summed E-state index contributed by atoms with van der Waals surface area (Å²) in [6, 6.07) is 19.2. The van der Waals surface area contributed by atoms with Gasteiger partial charge in [0.15, 0.2) is 0 Å². The van der Waals surface area contributed by atoms with Crippen LogP contribution in [0, 0.1) is 6.92 Å². The van der Waals surface area contributed by atoms with Gasteiger partial charge in [-0.1, -0.05) is 48.5 Å². The molecular weight excluding hydrogens is 306 g/mol. The number of rotatable bonds is 6. The first-order chi connectivity index (χ1) is 12.2. The molecular formula is C22H25N3. The summed E-state index contributed by atoms with van der Waals surface area (Å²) in [4.78, 5) is 11.5. The highest BCUT2D eigenvalue weighted by molar-refractivity contribution is 5.85. The Hall–Kier alpha value is -2.68. The summed E-state index contributed by atoms with van der Waals surface area (Å²) < 4.78 is 0. The molecule has 2 aromatic carbocycles. The van der Waals surface area contributed by atoms with Crippen LogP contribution in [-0.4, -0.2) is 29.8 Å². The van der Waals surface area contributed by atoms with E-state index in [-0.39, 0.29) is 0 Å². The molecule has 0 atom stereocenters. The molecule has 1 aromatic heterocycles. The fourth-order valence-electron chi connectivity index (χ4n) is 2.84. The van der Waals surface area contributed by atoms with Crippen LogP contribution in [0.15, 0.2) is 59.6 Å². The SMILES string of the molecule is CCN(C)/C=N/c1cc2cccc(CCc3ccccc3)c2nc1C. The van der Waals surface area contributed by atoms with Crippen molar-refractivity contribution in [3.63, 3.8) is 0 Å². The molecule has 0 saturated heterocycles. The fourth-order valence-corrected chi connectivity index (χ4v) is 2.84. The first-order valence-corrected chi connectivity index (χ1v) is 8.85. The van der Waals surface area contributed by atoms with Crippen LogP contribution in [0.2, 0.25) is 0 Å². The first kappa shape index (κ1) is 17.2. The molecule has 1 heterocycles. The topological polar surface area (TPSA) is 28.5 Å². The van der Waals surface area contributed by atoms with Crippen molar-refractivity contribution >= 4 is 22.9 Å². The minimum Gasteiger partial charge on any atom is -0.366 e. The molecule has 0 aliphatic heterocycles. The van der Waals surface area contributed by atoms with Gasteiger partial charge >= 0.3 is 0 Å². The summed E-state index contributed by atoms with van der Waals surface area (Å²) in [5, 5.41) is 1.16. The summed E-state index contributed by atoms with van der Waals surface area (Å²) in [7, 11) is 2.02. The average molecular weight is 331 g/mol. The molecule has 0 aliphatic carbocycles. The molecule has 3 rings (SSSR count). The zero-order valence-corrected chi connectivity index (χ0v) is 15.2. The van der Waals surface area contributed by atoms with E-state index >= 15 is 0 Å². The van der Waals surface area contributed by atoms with Gasteiger partial charge in [-0.05, 0) is 43.9 Å². The van der Waals surface area contributed by atoms with Gasteiger partial charge in [0.2, 0.25) is 0 Å². The molecule has 0 aliphatic rings. The Labute approximate surface area is 150 Å². The van der Waals surface area contributed by atoms with Gasteiger partial charge in [0, 0.05) is 19.0 Å². The van der Waals surface area contributed by atoms with Gasteiger partial charge in [0.05, 0.1) is 23.2 Å². The standard InChI is InChI=1S/C22H25N3/c1-4-25(3)16-23-21-15-20-12-8-11-19(22(20)24-17(21)2)14-13-18-9-6-5-7-10-18/h5-12,15-16H,4,13-14H2,1-3H3/b23-16+. The fraction of sp³-hybridized carbons (Fsp3) is 0.273. The normalized spacial score (nSPS) is 11.3. The second-order valence-electron chi connectivity index (χ2n) is 6.39. The number of hydrogen-bond donors (Lipinski definition) is 0. The Morgan fingerprint density at radius 3 is 2.60 bits per heavy atom. The molecule has 0 amide bonds. The number of pyridine rings is 1. The van der Waals surface area contributed by atoms with Gasteiger partial charge in [-0.3, -0.25) is 4.98 Å². The van der Waals surface area contributed by atoms with Crippen molar-refractivity contribution in [1.29, 1.82) is 0 Å². The second-order valence-corrected chi connectivity index (χ2v) is 6.39. The van der Waals surface area contributed by atoms with Crippen molar-refractivity contribution < 1.29 is 0 Å². The Kier molecular flexibility index (Phi) is 5.44. The van der Waals surface area contributed by atoms with Crippen molar-refractivity contribution in [2.45, 2.75) is 26.7 Å². The van der Waals surface area contributed by atoms with E-state index < -0.39 is 0 Å². The molecule has 0 unspecified atom stereocenters. The number of aryl methyl sites for hydroxylation is 3. The molecule has 0 radical (unpaired) electrons. The highest BCUT2D eigenvalue weighted by Gasteiger charge is 2.07. The minimum atomic E-state index is 0.938. The van der Waals surface area contributed by atoms with Crippen LogP contribution in [0.4, 0.5) is 5.69 Å². The molecule has 25 heavy (non-hydrogen) atoms. The average Bonchev–Trinajstić information content (AvgIpc) is 2.65. The number of benzene rings is 2. The zero-order chi connectivity index (χ0) is 17.6. The monoisotopic (exact) mass is 331 g/mol. The van der Waals surface area contributed by atoms with E-state index in [0.717, 1.165) is 41.7 Å². The van der Waals surface area contributed by atoms with Crippen molar-refractivity contribution in [2.75, 3.05) is 13.6 Å². The minimum absolute atomic E-state index is 0.938. The van der Waals surface area contributed by atoms with E-state index in [0.29, 0.717) is 0 Å². The van der Waals surface area contributed by atoms with Crippen LogP contribution < -0.4 is 0 Å². The summed E-state index contributed by atoms with van der Waals surface area (Å²) in [6.45, 7) is 5.08. The molecule has 0 bridgehead atoms. The number of para-hydroxylation sites is 1. The van der Waals surface area contributed by atoms with Crippen molar-refractivity contribution in [3.8, 4) is 0 Å². The lowest BCUT2D eigenvalue weighted by Gasteiger charge is -2.11. The number of hydrogen-bond acceptors (Lipinski definition) is 2. The molecule has 128 valence electrons. The maximum absolute atomic E-state index is 4.86. The molecule has 0 fully saturated rings. The van der Waals surface area contributed by atoms with Crippen molar-refractivity contribution in [1.82, 2.24) is 9.88 Å². The van der Waals surface area contributed by atoms with Crippen LogP contribution in [0.25, 0.3) is 10.9 Å².